The standard InChI is InChI=1S/C20H24O/c1-14-9-10-17-19(18(21)11-12-20(17,2)3)16(14)13-15-7-5-4-6-8-15/h4-9,11-12,16-17,19H,10,13H2,1-3H3/t16-,17-,19+/m1/s1. The Morgan fingerprint density at radius 2 is 1.90 bits per heavy atom. The van der Waals surface area contributed by atoms with Gasteiger partial charge in [0.1, 0.15) is 0 Å². The summed E-state index contributed by atoms with van der Waals surface area (Å²) in [6.07, 6.45) is 8.32. The molecule has 3 rings (SSSR count). The highest BCUT2D eigenvalue weighted by atomic mass is 16.1. The number of ketones is 1. The minimum Gasteiger partial charge on any atom is -0.295 e. The number of carbonyl (C=O) groups excluding carboxylic acids is 1. The maximum absolute atomic E-state index is 12.5. The molecular formula is C20H24O. The summed E-state index contributed by atoms with van der Waals surface area (Å²) in [6.45, 7) is 6.73. The molecule has 1 aromatic carbocycles. The molecule has 110 valence electrons. The number of rotatable bonds is 2. The molecule has 0 radical (unpaired) electrons. The third-order valence-electron chi connectivity index (χ3n) is 5.41. The molecule has 1 nitrogen and oxygen atoms in total. The average Bonchev–Trinajstić information content (AvgIpc) is 2.46. The zero-order chi connectivity index (χ0) is 15.0. The van der Waals surface area contributed by atoms with Gasteiger partial charge in [-0.1, -0.05) is 61.9 Å². The van der Waals surface area contributed by atoms with Crippen LogP contribution in [0.3, 0.4) is 0 Å². The van der Waals surface area contributed by atoms with Gasteiger partial charge in [-0.2, -0.15) is 0 Å². The Hall–Kier alpha value is -1.63. The SMILES string of the molecule is CC1=CC[C@@H]2[C@@H](C(=O)C=CC2(C)C)[C@@H]1Cc1ccccc1. The van der Waals surface area contributed by atoms with Gasteiger partial charge in [0.05, 0.1) is 0 Å². The lowest BCUT2D eigenvalue weighted by Crippen LogP contribution is -2.43. The molecule has 2 aliphatic carbocycles. The summed E-state index contributed by atoms with van der Waals surface area (Å²) < 4.78 is 0. The van der Waals surface area contributed by atoms with Gasteiger partial charge in [0.15, 0.2) is 5.78 Å². The fraction of sp³-hybridized carbons (Fsp3) is 0.450. The van der Waals surface area contributed by atoms with Gasteiger partial charge in [0.2, 0.25) is 0 Å². The van der Waals surface area contributed by atoms with E-state index in [0.29, 0.717) is 17.6 Å². The highest BCUT2D eigenvalue weighted by Crippen LogP contribution is 2.48. The van der Waals surface area contributed by atoms with Gasteiger partial charge in [-0.15, -0.1) is 0 Å². The first-order valence-corrected chi connectivity index (χ1v) is 7.93. The summed E-state index contributed by atoms with van der Waals surface area (Å²) in [5.41, 5.74) is 2.83. The Bertz CT molecular complexity index is 592. The molecule has 0 saturated carbocycles. The van der Waals surface area contributed by atoms with Crippen LogP contribution in [0.15, 0.2) is 54.1 Å². The Morgan fingerprint density at radius 3 is 2.62 bits per heavy atom. The van der Waals surface area contributed by atoms with Crippen molar-refractivity contribution in [2.75, 3.05) is 0 Å². The van der Waals surface area contributed by atoms with Crippen LogP contribution in [0.25, 0.3) is 0 Å². The normalized spacial score (nSPS) is 30.7. The summed E-state index contributed by atoms with van der Waals surface area (Å²) in [5, 5.41) is 0. The first-order valence-electron chi connectivity index (χ1n) is 7.93. The molecule has 0 aromatic heterocycles. The van der Waals surface area contributed by atoms with Crippen LogP contribution in [0, 0.1) is 23.2 Å². The van der Waals surface area contributed by atoms with Crippen LogP contribution in [0.2, 0.25) is 0 Å². The van der Waals surface area contributed by atoms with Crippen molar-refractivity contribution in [2.45, 2.75) is 33.6 Å². The van der Waals surface area contributed by atoms with Gasteiger partial charge in [-0.05, 0) is 48.7 Å². The molecule has 0 aliphatic heterocycles. The summed E-state index contributed by atoms with van der Waals surface area (Å²) in [4.78, 5) is 12.5. The second kappa shape index (κ2) is 5.29. The van der Waals surface area contributed by atoms with Crippen molar-refractivity contribution in [1.82, 2.24) is 0 Å². The zero-order valence-corrected chi connectivity index (χ0v) is 13.2. The van der Waals surface area contributed by atoms with Crippen molar-refractivity contribution in [3.63, 3.8) is 0 Å². The van der Waals surface area contributed by atoms with Crippen LogP contribution in [0.4, 0.5) is 0 Å². The van der Waals surface area contributed by atoms with Crippen LogP contribution >= 0.6 is 0 Å². The predicted molar refractivity (Wildman–Crippen MR) is 86.9 cm³/mol. The second-order valence-corrected chi connectivity index (χ2v) is 7.17. The van der Waals surface area contributed by atoms with E-state index >= 15 is 0 Å². The average molecular weight is 280 g/mol. The summed E-state index contributed by atoms with van der Waals surface area (Å²) >= 11 is 0. The summed E-state index contributed by atoms with van der Waals surface area (Å²) in [6, 6.07) is 10.6. The van der Waals surface area contributed by atoms with Crippen molar-refractivity contribution >= 4 is 5.78 Å². The third kappa shape index (κ3) is 2.62. The van der Waals surface area contributed by atoms with Crippen molar-refractivity contribution in [3.8, 4) is 0 Å². The Morgan fingerprint density at radius 1 is 1.19 bits per heavy atom. The Kier molecular flexibility index (Phi) is 3.61. The maximum atomic E-state index is 12.5. The molecule has 21 heavy (non-hydrogen) atoms. The number of allylic oxidation sites excluding steroid dienone is 4. The Labute approximate surface area is 127 Å². The van der Waals surface area contributed by atoms with E-state index < -0.39 is 0 Å². The van der Waals surface area contributed by atoms with Crippen LogP contribution in [0.1, 0.15) is 32.8 Å². The van der Waals surface area contributed by atoms with Crippen molar-refractivity contribution in [3.05, 3.63) is 59.7 Å². The summed E-state index contributed by atoms with van der Waals surface area (Å²) in [7, 11) is 0. The molecule has 0 saturated heterocycles. The lowest BCUT2D eigenvalue weighted by atomic mass is 9.57. The zero-order valence-electron chi connectivity index (χ0n) is 13.2. The van der Waals surface area contributed by atoms with E-state index in [1.165, 1.54) is 11.1 Å². The Balaban J connectivity index is 1.95. The van der Waals surface area contributed by atoms with Gasteiger partial charge < -0.3 is 0 Å². The van der Waals surface area contributed by atoms with Crippen LogP contribution < -0.4 is 0 Å². The molecule has 0 bridgehead atoms. The third-order valence-corrected chi connectivity index (χ3v) is 5.41. The lowest BCUT2D eigenvalue weighted by molar-refractivity contribution is -0.124. The maximum Gasteiger partial charge on any atom is 0.159 e. The minimum atomic E-state index is 0.116. The fourth-order valence-electron chi connectivity index (χ4n) is 4.03. The van der Waals surface area contributed by atoms with E-state index in [1.54, 1.807) is 0 Å². The number of hydrogen-bond acceptors (Lipinski definition) is 1. The number of benzene rings is 1. The molecule has 3 atom stereocenters. The van der Waals surface area contributed by atoms with E-state index in [2.05, 4.69) is 57.2 Å². The first-order chi connectivity index (χ1) is 9.99. The highest BCUT2D eigenvalue weighted by molar-refractivity contribution is 5.93. The first kappa shape index (κ1) is 14.3. The second-order valence-electron chi connectivity index (χ2n) is 7.17. The topological polar surface area (TPSA) is 17.1 Å². The predicted octanol–water partition coefficient (Wildman–Crippen LogP) is 4.59. The summed E-state index contributed by atoms with van der Waals surface area (Å²) in [5.74, 6) is 1.26. The van der Waals surface area contributed by atoms with Crippen LogP contribution in [0.5, 0.6) is 0 Å². The fourth-order valence-corrected chi connectivity index (χ4v) is 4.03. The quantitative estimate of drug-likeness (QED) is 0.724. The van der Waals surface area contributed by atoms with Crippen molar-refractivity contribution in [2.24, 2.45) is 23.2 Å². The van der Waals surface area contributed by atoms with Crippen LogP contribution in [-0.4, -0.2) is 5.78 Å². The molecule has 1 aromatic rings. The lowest BCUT2D eigenvalue weighted by Gasteiger charge is -2.45. The monoisotopic (exact) mass is 280 g/mol. The number of hydrogen-bond donors (Lipinski definition) is 0. The van der Waals surface area contributed by atoms with E-state index in [9.17, 15) is 4.79 Å². The molecule has 0 spiro atoms. The van der Waals surface area contributed by atoms with Crippen molar-refractivity contribution in [1.29, 1.82) is 0 Å². The molecule has 0 heterocycles. The molecule has 0 unspecified atom stereocenters. The molecule has 0 N–H and O–H groups in total. The molecule has 2 aliphatic rings. The van der Waals surface area contributed by atoms with Gasteiger partial charge in [0.25, 0.3) is 0 Å². The van der Waals surface area contributed by atoms with E-state index in [0.717, 1.165) is 12.8 Å². The molecule has 0 amide bonds. The highest BCUT2D eigenvalue weighted by Gasteiger charge is 2.45. The van der Waals surface area contributed by atoms with E-state index in [-0.39, 0.29) is 11.3 Å². The van der Waals surface area contributed by atoms with Crippen molar-refractivity contribution < 1.29 is 4.79 Å². The molecular weight excluding hydrogens is 256 g/mol. The van der Waals surface area contributed by atoms with E-state index in [4.69, 9.17) is 0 Å². The van der Waals surface area contributed by atoms with Gasteiger partial charge >= 0.3 is 0 Å². The van der Waals surface area contributed by atoms with Gasteiger partial charge in [-0.3, -0.25) is 4.79 Å². The number of fused-ring (bicyclic) bond motifs is 1. The smallest absolute Gasteiger partial charge is 0.159 e. The molecule has 1 heteroatoms. The van der Waals surface area contributed by atoms with Gasteiger partial charge in [0, 0.05) is 5.92 Å². The van der Waals surface area contributed by atoms with E-state index in [1.807, 2.05) is 12.1 Å². The number of carbonyl (C=O) groups is 1. The minimum absolute atomic E-state index is 0.116. The largest absolute Gasteiger partial charge is 0.295 e. The van der Waals surface area contributed by atoms with Gasteiger partial charge in [-0.25, -0.2) is 0 Å². The van der Waals surface area contributed by atoms with Crippen LogP contribution in [-0.2, 0) is 11.2 Å². The molecule has 0 fully saturated rings.